The van der Waals surface area contributed by atoms with Crippen LogP contribution in [0.1, 0.15) is 38.2 Å². The molecule has 1 heterocycles. The van der Waals surface area contributed by atoms with E-state index in [1.807, 2.05) is 6.92 Å². The van der Waals surface area contributed by atoms with Gasteiger partial charge in [-0.3, -0.25) is 4.72 Å². The molecule has 1 aromatic heterocycles. The first kappa shape index (κ1) is 27.2. The molecule has 5 rings (SSSR count). The fourth-order valence-electron chi connectivity index (χ4n) is 4.91. The monoisotopic (exact) mass is 571 g/mol. The summed E-state index contributed by atoms with van der Waals surface area (Å²) in [6, 6.07) is 11.6. The minimum absolute atomic E-state index is 0.0178. The molecule has 0 saturated heterocycles. The number of sulfonamides is 1. The fourth-order valence-corrected chi connectivity index (χ4v) is 6.49. The van der Waals surface area contributed by atoms with Crippen LogP contribution in [0.3, 0.4) is 0 Å². The van der Waals surface area contributed by atoms with Gasteiger partial charge < -0.3 is 11.1 Å². The number of nitrogens with two attached hydrogens (primary N) is 1. The molecule has 4 aromatic rings. The number of rotatable bonds is 7. The van der Waals surface area contributed by atoms with Crippen LogP contribution in [0.4, 0.5) is 20.4 Å². The zero-order valence-corrected chi connectivity index (χ0v) is 22.8. The van der Waals surface area contributed by atoms with Gasteiger partial charge in [0.1, 0.15) is 10.7 Å². The van der Waals surface area contributed by atoms with Crippen molar-refractivity contribution < 1.29 is 17.2 Å². The topological polar surface area (TPSA) is 110 Å². The van der Waals surface area contributed by atoms with E-state index in [2.05, 4.69) is 15.0 Å². The average molecular weight is 572 g/mol. The van der Waals surface area contributed by atoms with E-state index in [1.54, 1.807) is 24.4 Å². The first-order chi connectivity index (χ1) is 18.7. The van der Waals surface area contributed by atoms with Crippen molar-refractivity contribution in [2.24, 2.45) is 5.73 Å². The standard InChI is InChI=1S/C28H28ClF2N5O2S/c1-2-16-13-17(14-18-15-33-28(35-27(16)18)34-20-9-7-19(32)8-10-20)25-22(30)11-12-23(26(25)31)36-39(37,38)24-6-4-3-5-21(24)29/h3-6,11-15,19-20,36H,2,7-10,32H2,1H3,(H,33,34,35). The lowest BCUT2D eigenvalue weighted by molar-refractivity contribution is 0.410. The second-order valence-corrected chi connectivity index (χ2v) is 11.8. The third kappa shape index (κ3) is 5.68. The summed E-state index contributed by atoms with van der Waals surface area (Å²) in [5.41, 5.74) is 6.96. The molecule has 1 fully saturated rings. The van der Waals surface area contributed by atoms with Crippen molar-refractivity contribution >= 4 is 44.2 Å². The Morgan fingerprint density at radius 3 is 2.54 bits per heavy atom. The Hall–Kier alpha value is -3.34. The molecule has 1 saturated carbocycles. The molecule has 0 unspecified atom stereocenters. The number of aryl methyl sites for hydroxylation is 1. The number of hydrogen-bond donors (Lipinski definition) is 3. The third-order valence-electron chi connectivity index (χ3n) is 7.00. The van der Waals surface area contributed by atoms with E-state index < -0.39 is 27.3 Å². The maximum absolute atomic E-state index is 15.7. The van der Waals surface area contributed by atoms with Gasteiger partial charge in [0.25, 0.3) is 10.0 Å². The molecule has 0 spiro atoms. The Morgan fingerprint density at radius 1 is 1.08 bits per heavy atom. The van der Waals surface area contributed by atoms with Crippen molar-refractivity contribution in [1.82, 2.24) is 9.97 Å². The minimum atomic E-state index is -4.22. The van der Waals surface area contributed by atoms with Gasteiger partial charge in [0, 0.05) is 23.7 Å². The van der Waals surface area contributed by atoms with E-state index in [4.69, 9.17) is 22.3 Å². The van der Waals surface area contributed by atoms with Gasteiger partial charge in [-0.25, -0.2) is 27.2 Å². The highest BCUT2D eigenvalue weighted by atomic mass is 35.5. The highest BCUT2D eigenvalue weighted by molar-refractivity contribution is 7.92. The Morgan fingerprint density at radius 2 is 1.82 bits per heavy atom. The molecule has 1 aliphatic carbocycles. The van der Waals surface area contributed by atoms with Gasteiger partial charge >= 0.3 is 0 Å². The maximum atomic E-state index is 15.7. The molecule has 4 N–H and O–H groups in total. The lowest BCUT2D eigenvalue weighted by Gasteiger charge is -2.26. The second-order valence-electron chi connectivity index (χ2n) is 9.70. The number of aromatic nitrogens is 2. The Labute approximate surface area is 230 Å². The zero-order valence-electron chi connectivity index (χ0n) is 21.2. The first-order valence-electron chi connectivity index (χ1n) is 12.7. The molecule has 0 bridgehead atoms. The Balaban J connectivity index is 1.50. The van der Waals surface area contributed by atoms with Crippen molar-refractivity contribution in [3.8, 4) is 11.1 Å². The van der Waals surface area contributed by atoms with Crippen LogP contribution in [-0.4, -0.2) is 30.5 Å². The number of fused-ring (bicyclic) bond motifs is 1. The highest BCUT2D eigenvalue weighted by Crippen LogP contribution is 2.35. The van der Waals surface area contributed by atoms with Gasteiger partial charge in [-0.2, -0.15) is 0 Å². The number of anilines is 2. The number of nitrogens with zero attached hydrogens (tertiary/aromatic N) is 2. The molecular weight excluding hydrogens is 544 g/mol. The number of halogens is 3. The molecular formula is C28H28ClF2N5O2S. The molecule has 0 atom stereocenters. The van der Waals surface area contributed by atoms with E-state index >= 15 is 8.78 Å². The summed E-state index contributed by atoms with van der Waals surface area (Å²) in [7, 11) is -4.22. The van der Waals surface area contributed by atoms with Crippen LogP contribution in [0.2, 0.25) is 5.02 Å². The van der Waals surface area contributed by atoms with Gasteiger partial charge in [-0.05, 0) is 79.6 Å². The third-order valence-corrected chi connectivity index (χ3v) is 8.86. The van der Waals surface area contributed by atoms with Gasteiger partial charge in [0.05, 0.1) is 21.8 Å². The molecule has 7 nitrogen and oxygen atoms in total. The Bertz CT molecular complexity index is 1640. The number of benzene rings is 3. The SMILES string of the molecule is CCc1cc(-c2c(F)ccc(NS(=O)(=O)c3ccccc3Cl)c2F)cc2cnc(NC3CCC(N)CC3)nc12. The molecule has 0 amide bonds. The van der Waals surface area contributed by atoms with Crippen LogP contribution >= 0.6 is 11.6 Å². The van der Waals surface area contributed by atoms with Crippen molar-refractivity contribution in [2.45, 2.75) is 56.0 Å². The summed E-state index contributed by atoms with van der Waals surface area (Å²) in [6.07, 6.45) is 5.95. The van der Waals surface area contributed by atoms with E-state index in [9.17, 15) is 8.42 Å². The second kappa shape index (κ2) is 11.0. The van der Waals surface area contributed by atoms with E-state index in [1.165, 1.54) is 18.2 Å². The molecule has 39 heavy (non-hydrogen) atoms. The van der Waals surface area contributed by atoms with Crippen LogP contribution in [0.15, 0.2) is 59.6 Å². The quantitative estimate of drug-likeness (QED) is 0.241. The lowest BCUT2D eigenvalue weighted by Crippen LogP contribution is -2.33. The molecule has 0 radical (unpaired) electrons. The van der Waals surface area contributed by atoms with Crippen molar-refractivity contribution in [1.29, 1.82) is 0 Å². The largest absolute Gasteiger partial charge is 0.351 e. The predicted octanol–water partition coefficient (Wildman–Crippen LogP) is 6.27. The van der Waals surface area contributed by atoms with Gasteiger partial charge in [-0.15, -0.1) is 0 Å². The van der Waals surface area contributed by atoms with Crippen LogP contribution in [0.5, 0.6) is 0 Å². The average Bonchev–Trinajstić information content (AvgIpc) is 2.91. The van der Waals surface area contributed by atoms with E-state index in [-0.39, 0.29) is 33.1 Å². The molecule has 3 aromatic carbocycles. The lowest BCUT2D eigenvalue weighted by atomic mass is 9.92. The van der Waals surface area contributed by atoms with Crippen molar-refractivity contribution in [2.75, 3.05) is 10.0 Å². The maximum Gasteiger partial charge on any atom is 0.263 e. The summed E-state index contributed by atoms with van der Waals surface area (Å²) in [5, 5.41) is 3.98. The predicted molar refractivity (Wildman–Crippen MR) is 150 cm³/mol. The smallest absolute Gasteiger partial charge is 0.263 e. The minimum Gasteiger partial charge on any atom is -0.351 e. The summed E-state index contributed by atoms with van der Waals surface area (Å²) in [6.45, 7) is 1.93. The van der Waals surface area contributed by atoms with Crippen LogP contribution in [-0.2, 0) is 16.4 Å². The Kier molecular flexibility index (Phi) is 7.70. The zero-order chi connectivity index (χ0) is 27.7. The normalized spacial score (nSPS) is 17.8. The molecule has 0 aliphatic heterocycles. The van der Waals surface area contributed by atoms with Crippen molar-refractivity contribution in [3.05, 3.63) is 76.9 Å². The molecule has 1 aliphatic rings. The number of nitrogens with one attached hydrogen (secondary N) is 2. The van der Waals surface area contributed by atoms with E-state index in [0.717, 1.165) is 43.4 Å². The molecule has 204 valence electrons. The van der Waals surface area contributed by atoms with Crippen LogP contribution in [0.25, 0.3) is 22.0 Å². The molecule has 11 heteroatoms. The summed E-state index contributed by atoms with van der Waals surface area (Å²) >= 11 is 6.03. The number of hydrogen-bond acceptors (Lipinski definition) is 6. The van der Waals surface area contributed by atoms with Gasteiger partial charge in [0.15, 0.2) is 5.82 Å². The summed E-state index contributed by atoms with van der Waals surface area (Å²) < 4.78 is 58.7. The fraction of sp³-hybridized carbons (Fsp3) is 0.286. The summed E-state index contributed by atoms with van der Waals surface area (Å²) in [4.78, 5) is 8.92. The van der Waals surface area contributed by atoms with Gasteiger partial charge in [-0.1, -0.05) is 30.7 Å². The summed E-state index contributed by atoms with van der Waals surface area (Å²) in [5.74, 6) is -1.37. The van der Waals surface area contributed by atoms with Crippen LogP contribution < -0.4 is 15.8 Å². The van der Waals surface area contributed by atoms with E-state index in [0.29, 0.717) is 23.3 Å². The van der Waals surface area contributed by atoms with Crippen LogP contribution in [0, 0.1) is 11.6 Å². The highest BCUT2D eigenvalue weighted by Gasteiger charge is 2.24. The first-order valence-corrected chi connectivity index (χ1v) is 14.6. The van der Waals surface area contributed by atoms with Crippen molar-refractivity contribution in [3.63, 3.8) is 0 Å². The van der Waals surface area contributed by atoms with Gasteiger partial charge in [0.2, 0.25) is 5.95 Å².